The van der Waals surface area contributed by atoms with Crippen molar-refractivity contribution in [3.05, 3.63) is 28.8 Å². The molecule has 2 heterocycles. The van der Waals surface area contributed by atoms with Crippen molar-refractivity contribution in [3.8, 4) is 17.2 Å². The number of aliphatic hydroxyl groups is 5. The van der Waals surface area contributed by atoms with Gasteiger partial charge in [-0.1, -0.05) is 6.92 Å². The predicted octanol–water partition coefficient (Wildman–Crippen LogP) is -0.968. The van der Waals surface area contributed by atoms with Crippen molar-refractivity contribution in [1.29, 1.82) is 0 Å². The van der Waals surface area contributed by atoms with E-state index in [2.05, 4.69) is 4.18 Å². The molecule has 4 rings (SSSR count). The first-order valence-electron chi connectivity index (χ1n) is 10.6. The average Bonchev–Trinajstić information content (AvgIpc) is 3.24. The normalized spacial score (nSPS) is 27.1. The lowest BCUT2D eigenvalue weighted by Crippen LogP contribution is -2.60. The molecule has 7 N–H and O–H groups in total. The molecule has 0 radical (unpaired) electrons. The maximum atomic E-state index is 11.2. The third-order valence-corrected chi connectivity index (χ3v) is 6.54. The number of hydrogen-bond donors (Lipinski definition) is 7. The molecule has 2 aliphatic rings. The predicted molar refractivity (Wildman–Crippen MR) is 116 cm³/mol. The van der Waals surface area contributed by atoms with E-state index in [1.165, 1.54) is 0 Å². The zero-order valence-corrected chi connectivity index (χ0v) is 19.3. The van der Waals surface area contributed by atoms with Crippen LogP contribution in [0, 0.1) is 0 Å². The largest absolute Gasteiger partial charge is 0.504 e. The van der Waals surface area contributed by atoms with Crippen molar-refractivity contribution < 1.29 is 62.0 Å². The Bertz CT molecular complexity index is 1210. The topological polar surface area (TPSA) is 213 Å². The Labute approximate surface area is 199 Å². The van der Waals surface area contributed by atoms with Gasteiger partial charge in [0.25, 0.3) is 0 Å². The Balaban J connectivity index is 1.77. The lowest BCUT2D eigenvalue weighted by Gasteiger charge is -2.40. The van der Waals surface area contributed by atoms with Crippen LogP contribution in [0.2, 0.25) is 0 Å². The molecule has 35 heavy (non-hydrogen) atoms. The zero-order chi connectivity index (χ0) is 25.7. The van der Waals surface area contributed by atoms with E-state index in [0.29, 0.717) is 27.6 Å². The number of aromatic hydroxyl groups is 1. The summed E-state index contributed by atoms with van der Waals surface area (Å²) in [5.41, 5.74) is 1.16. The minimum absolute atomic E-state index is 0.0549. The zero-order valence-electron chi connectivity index (χ0n) is 18.4. The molecule has 14 heteroatoms. The van der Waals surface area contributed by atoms with E-state index in [4.69, 9.17) is 18.8 Å². The quantitative estimate of drug-likeness (QED) is 0.210. The number of phenolic OH excluding ortho intramolecular Hbond substituents is 1. The molecular weight excluding hydrogens is 492 g/mol. The van der Waals surface area contributed by atoms with E-state index in [0.717, 1.165) is 0 Å². The fraction of sp³-hybridized carbons (Fsp3) is 0.524. The molecule has 0 aromatic heterocycles. The van der Waals surface area contributed by atoms with E-state index in [1.54, 1.807) is 19.1 Å². The third kappa shape index (κ3) is 4.76. The van der Waals surface area contributed by atoms with E-state index in [-0.39, 0.29) is 31.1 Å². The van der Waals surface area contributed by atoms with E-state index < -0.39 is 59.4 Å². The highest BCUT2D eigenvalue weighted by molar-refractivity contribution is 7.80. The minimum Gasteiger partial charge on any atom is -0.504 e. The van der Waals surface area contributed by atoms with E-state index >= 15 is 0 Å². The Morgan fingerprint density at radius 3 is 2.49 bits per heavy atom. The fourth-order valence-corrected chi connectivity index (χ4v) is 4.64. The second-order valence-electron chi connectivity index (χ2n) is 8.46. The molecule has 1 saturated heterocycles. The van der Waals surface area contributed by atoms with Crippen molar-refractivity contribution in [2.24, 2.45) is 0 Å². The first-order chi connectivity index (χ1) is 16.5. The molecule has 0 unspecified atom stereocenters. The smallest absolute Gasteiger partial charge is 0.397 e. The van der Waals surface area contributed by atoms with Crippen molar-refractivity contribution in [3.63, 3.8) is 0 Å². The molecule has 0 saturated carbocycles. The number of rotatable bonds is 8. The van der Waals surface area contributed by atoms with Gasteiger partial charge in [0, 0.05) is 29.0 Å². The third-order valence-electron chi connectivity index (χ3n) is 6.10. The van der Waals surface area contributed by atoms with Gasteiger partial charge < -0.3 is 44.8 Å². The Morgan fingerprint density at radius 2 is 1.86 bits per heavy atom. The monoisotopic (exact) mass is 518 g/mol. The lowest BCUT2D eigenvalue weighted by molar-refractivity contribution is -0.276. The number of benzene rings is 2. The van der Waals surface area contributed by atoms with Gasteiger partial charge in [-0.2, -0.15) is 8.42 Å². The van der Waals surface area contributed by atoms with Crippen LogP contribution in [-0.4, -0.2) is 87.5 Å². The molecule has 2 aliphatic heterocycles. The molecule has 0 amide bonds. The Morgan fingerprint density at radius 1 is 1.14 bits per heavy atom. The maximum absolute atomic E-state index is 11.2. The summed E-state index contributed by atoms with van der Waals surface area (Å²) in [6, 6.07) is 3.26. The summed E-state index contributed by atoms with van der Waals surface area (Å²) in [4.78, 5) is 0. The molecule has 194 valence electrons. The van der Waals surface area contributed by atoms with Crippen molar-refractivity contribution >= 4 is 21.2 Å². The Hall–Kier alpha value is -2.27. The number of hydrogen-bond acceptors (Lipinski definition) is 12. The summed E-state index contributed by atoms with van der Waals surface area (Å²) in [5.74, 6) is -0.764. The van der Waals surface area contributed by atoms with Gasteiger partial charge in [0.2, 0.25) is 6.29 Å². The van der Waals surface area contributed by atoms with Gasteiger partial charge in [-0.15, -0.1) is 0 Å². The van der Waals surface area contributed by atoms with Crippen molar-refractivity contribution in [2.45, 2.75) is 56.8 Å². The van der Waals surface area contributed by atoms with Gasteiger partial charge >= 0.3 is 10.4 Å². The molecular formula is C21H26O13S. The van der Waals surface area contributed by atoms with Crippen LogP contribution < -0.4 is 9.47 Å². The standard InChI is InChI=1S/C21H26O13S/c1-8(4-22)14-10-2-9(5-23)3-12-15(10)11(6-31-12)20(17(14)25)34-21-19(27)18(26)16(24)13(33-21)7-32-35(28,29)30/h2-3,8,13,16,18-19,21-27H,4-7H2,1H3,(H,28,29,30)/t8-,13-,16-,18+,19-,21+/m1/s1. The maximum Gasteiger partial charge on any atom is 0.397 e. The number of ether oxygens (including phenoxy) is 3. The van der Waals surface area contributed by atoms with Gasteiger partial charge in [-0.3, -0.25) is 4.55 Å². The molecule has 2 aromatic carbocycles. The summed E-state index contributed by atoms with van der Waals surface area (Å²) in [6.45, 7) is 0.0636. The highest BCUT2D eigenvalue weighted by Crippen LogP contribution is 2.51. The van der Waals surface area contributed by atoms with E-state index in [1.807, 2.05) is 0 Å². The van der Waals surface area contributed by atoms with Crippen LogP contribution in [0.1, 0.15) is 29.5 Å². The lowest BCUT2D eigenvalue weighted by atomic mass is 9.90. The fourth-order valence-electron chi connectivity index (χ4n) is 4.33. The van der Waals surface area contributed by atoms with Crippen LogP contribution in [0.3, 0.4) is 0 Å². The second-order valence-corrected chi connectivity index (χ2v) is 9.55. The number of phenols is 1. The van der Waals surface area contributed by atoms with Crippen LogP contribution in [0.5, 0.6) is 17.2 Å². The average molecular weight is 518 g/mol. The van der Waals surface area contributed by atoms with Crippen LogP contribution >= 0.6 is 0 Å². The molecule has 0 spiro atoms. The molecule has 1 fully saturated rings. The molecule has 13 nitrogen and oxygen atoms in total. The SMILES string of the molecule is C[C@H](CO)c1c(O)c(O[C@@H]2O[C@H](COS(=O)(=O)O)[C@@H](O)[C@H](O)[C@H]2O)c2c3c(cc(CO)cc13)OC2. The van der Waals surface area contributed by atoms with Crippen LogP contribution in [-0.2, 0) is 32.5 Å². The summed E-state index contributed by atoms with van der Waals surface area (Å²) >= 11 is 0. The van der Waals surface area contributed by atoms with Gasteiger partial charge in [0.05, 0.1) is 13.2 Å². The molecule has 2 aromatic rings. The van der Waals surface area contributed by atoms with Crippen molar-refractivity contribution in [2.75, 3.05) is 13.2 Å². The molecule has 0 bridgehead atoms. The molecule has 0 aliphatic carbocycles. The van der Waals surface area contributed by atoms with Crippen molar-refractivity contribution in [1.82, 2.24) is 0 Å². The van der Waals surface area contributed by atoms with Gasteiger partial charge in [-0.05, 0) is 23.1 Å². The van der Waals surface area contributed by atoms with Gasteiger partial charge in [0.15, 0.2) is 11.5 Å². The minimum atomic E-state index is -4.89. The van der Waals surface area contributed by atoms with Gasteiger partial charge in [-0.25, -0.2) is 4.18 Å². The van der Waals surface area contributed by atoms with E-state index in [9.17, 15) is 39.1 Å². The Kier molecular flexibility index (Phi) is 7.11. The molecule has 6 atom stereocenters. The van der Waals surface area contributed by atoms with Crippen LogP contribution in [0.4, 0.5) is 0 Å². The van der Waals surface area contributed by atoms with Crippen LogP contribution in [0.25, 0.3) is 10.8 Å². The summed E-state index contributed by atoms with van der Waals surface area (Å²) in [5, 5.41) is 62.4. The highest BCUT2D eigenvalue weighted by Gasteiger charge is 2.46. The highest BCUT2D eigenvalue weighted by atomic mass is 32.3. The van der Waals surface area contributed by atoms with Gasteiger partial charge in [0.1, 0.15) is 36.8 Å². The number of aliphatic hydroxyl groups excluding tert-OH is 5. The second kappa shape index (κ2) is 9.65. The summed E-state index contributed by atoms with van der Waals surface area (Å²) in [6.07, 6.45) is -8.71. The van der Waals surface area contributed by atoms with Crippen LogP contribution in [0.15, 0.2) is 12.1 Å². The first kappa shape index (κ1) is 25.8. The summed E-state index contributed by atoms with van der Waals surface area (Å²) < 4.78 is 51.7. The summed E-state index contributed by atoms with van der Waals surface area (Å²) in [7, 11) is -4.89. The first-order valence-corrected chi connectivity index (χ1v) is 12.0.